The molecule has 1 aliphatic carbocycles. The van der Waals surface area contributed by atoms with E-state index in [0.717, 1.165) is 6.20 Å². The van der Waals surface area contributed by atoms with Crippen LogP contribution in [0, 0.1) is 5.82 Å². The van der Waals surface area contributed by atoms with E-state index in [4.69, 9.17) is 5.73 Å². The third-order valence-corrected chi connectivity index (χ3v) is 7.73. The number of rotatable bonds is 3. The van der Waals surface area contributed by atoms with E-state index in [1.165, 1.54) is 6.20 Å². The highest BCUT2D eigenvalue weighted by atomic mass is 35.5. The van der Waals surface area contributed by atoms with E-state index >= 15 is 0 Å². The number of hydrogen-bond donors (Lipinski definition) is 3. The maximum atomic E-state index is 14.5. The maximum Gasteiger partial charge on any atom is 0.242 e. The lowest BCUT2D eigenvalue weighted by Gasteiger charge is -2.46. The van der Waals surface area contributed by atoms with Crippen LogP contribution in [0.5, 0.6) is 0 Å². The second-order valence-electron chi connectivity index (χ2n) is 7.74. The van der Waals surface area contributed by atoms with Gasteiger partial charge in [-0.15, -0.1) is 35.6 Å². The van der Waals surface area contributed by atoms with Gasteiger partial charge in [0.1, 0.15) is 0 Å². The standard InChI is InChI=1S/C19H25FN4O3S.2ClH/c1-13-12-23(18(25)19(21)6-7-19)8-3-9-24(13)28(26,27)16-5-2-4-14-10-22-11-15(20)17(14)16;;/h2,4-5,10-11,13,26-27H,3,6-9,12,21H2,1H3;2*1H/t13-;;/m0../s1. The second kappa shape index (κ2) is 9.12. The Labute approximate surface area is 189 Å². The molecule has 0 unspecified atom stereocenters. The van der Waals surface area contributed by atoms with Crippen molar-refractivity contribution in [2.75, 3.05) is 19.6 Å². The van der Waals surface area contributed by atoms with Crippen LogP contribution in [0.15, 0.2) is 35.5 Å². The van der Waals surface area contributed by atoms with Crippen molar-refractivity contribution in [1.82, 2.24) is 14.2 Å². The molecule has 168 valence electrons. The summed E-state index contributed by atoms with van der Waals surface area (Å²) in [5.41, 5.74) is 5.31. The molecule has 1 saturated heterocycles. The highest BCUT2D eigenvalue weighted by Gasteiger charge is 2.49. The van der Waals surface area contributed by atoms with Gasteiger partial charge in [0, 0.05) is 42.6 Å². The number of hydrogen-bond acceptors (Lipinski definition) is 6. The van der Waals surface area contributed by atoms with E-state index in [1.54, 1.807) is 27.4 Å². The molecule has 30 heavy (non-hydrogen) atoms. The quantitative estimate of drug-likeness (QED) is 0.619. The van der Waals surface area contributed by atoms with E-state index in [1.807, 2.05) is 6.92 Å². The molecule has 2 aromatic rings. The Hall–Kier alpha value is -1.20. The molecular weight excluding hydrogens is 454 g/mol. The predicted octanol–water partition coefficient (Wildman–Crippen LogP) is 3.66. The van der Waals surface area contributed by atoms with Crippen LogP contribution in [0.2, 0.25) is 0 Å². The topological polar surface area (TPSA) is 103 Å². The Morgan fingerprint density at radius 3 is 2.63 bits per heavy atom. The number of nitrogens with zero attached hydrogens (tertiary/aromatic N) is 3. The molecule has 0 spiro atoms. The number of benzene rings is 1. The lowest BCUT2D eigenvalue weighted by atomic mass is 10.2. The van der Waals surface area contributed by atoms with Gasteiger partial charge in [-0.3, -0.25) is 18.9 Å². The van der Waals surface area contributed by atoms with Gasteiger partial charge in [-0.1, -0.05) is 12.1 Å². The minimum Gasteiger partial charge on any atom is -0.339 e. The molecule has 0 radical (unpaired) electrons. The summed E-state index contributed by atoms with van der Waals surface area (Å²) < 4.78 is 38.4. The number of pyridine rings is 1. The van der Waals surface area contributed by atoms with E-state index in [-0.39, 0.29) is 47.0 Å². The number of carbonyl (C=O) groups is 1. The Kier molecular flexibility index (Phi) is 7.62. The first-order valence-electron chi connectivity index (χ1n) is 9.39. The average molecular weight is 481 g/mol. The summed E-state index contributed by atoms with van der Waals surface area (Å²) in [4.78, 5) is 18.3. The van der Waals surface area contributed by atoms with Crippen molar-refractivity contribution >= 4 is 52.3 Å². The molecule has 2 aliphatic rings. The smallest absolute Gasteiger partial charge is 0.242 e. The molecule has 4 rings (SSSR count). The summed E-state index contributed by atoms with van der Waals surface area (Å²) in [5.74, 6) is -0.661. The lowest BCUT2D eigenvalue weighted by Crippen LogP contribution is -2.49. The third-order valence-electron chi connectivity index (χ3n) is 5.61. The minimum atomic E-state index is -3.46. The second-order valence-corrected chi connectivity index (χ2v) is 9.69. The predicted molar refractivity (Wildman–Crippen MR) is 121 cm³/mol. The fourth-order valence-electron chi connectivity index (χ4n) is 3.88. The van der Waals surface area contributed by atoms with Crippen LogP contribution < -0.4 is 5.73 Å². The Balaban J connectivity index is 0.00000160. The Bertz CT molecular complexity index is 927. The van der Waals surface area contributed by atoms with Crippen molar-refractivity contribution in [2.45, 2.75) is 42.7 Å². The van der Waals surface area contributed by atoms with Gasteiger partial charge in [0.05, 0.1) is 16.6 Å². The monoisotopic (exact) mass is 480 g/mol. The van der Waals surface area contributed by atoms with Crippen molar-refractivity contribution in [3.63, 3.8) is 0 Å². The number of nitrogens with two attached hydrogens (primary N) is 1. The molecule has 1 atom stereocenters. The number of carbonyl (C=O) groups excluding carboxylic acids is 1. The number of halogens is 3. The number of fused-ring (bicyclic) bond motifs is 1. The van der Waals surface area contributed by atoms with Crippen molar-refractivity contribution < 1.29 is 18.3 Å². The van der Waals surface area contributed by atoms with Crippen LogP contribution in [0.25, 0.3) is 10.8 Å². The van der Waals surface area contributed by atoms with Gasteiger partial charge < -0.3 is 10.6 Å². The van der Waals surface area contributed by atoms with Crippen LogP contribution in [-0.2, 0) is 4.79 Å². The van der Waals surface area contributed by atoms with Gasteiger partial charge in [-0.2, -0.15) is 4.31 Å². The molecule has 1 aromatic heterocycles. The summed E-state index contributed by atoms with van der Waals surface area (Å²) in [6.45, 7) is 3.09. The van der Waals surface area contributed by atoms with Crippen LogP contribution in [0.4, 0.5) is 4.39 Å². The SMILES string of the molecule is C[C@H]1CN(C(=O)C2(N)CC2)CCCN1S(O)(O)c1cccc2cncc(F)c12.Cl.Cl. The normalized spacial score (nSPS) is 21.9. The average Bonchev–Trinajstić information content (AvgIpc) is 3.44. The van der Waals surface area contributed by atoms with Crippen LogP contribution >= 0.6 is 35.6 Å². The molecule has 2 heterocycles. The molecule has 2 fully saturated rings. The van der Waals surface area contributed by atoms with Gasteiger partial charge in [0.25, 0.3) is 0 Å². The Morgan fingerprint density at radius 2 is 1.97 bits per heavy atom. The molecule has 1 saturated carbocycles. The molecule has 0 bridgehead atoms. The molecule has 1 aromatic carbocycles. The fraction of sp³-hybridized carbons (Fsp3) is 0.474. The summed E-state index contributed by atoms with van der Waals surface area (Å²) in [7, 11) is -3.46. The lowest BCUT2D eigenvalue weighted by molar-refractivity contribution is -0.133. The van der Waals surface area contributed by atoms with Gasteiger partial charge in [-0.05, 0) is 32.3 Å². The Morgan fingerprint density at radius 1 is 1.27 bits per heavy atom. The van der Waals surface area contributed by atoms with Gasteiger partial charge in [0.15, 0.2) is 5.82 Å². The van der Waals surface area contributed by atoms with Crippen LogP contribution in [-0.4, -0.2) is 60.4 Å². The van der Waals surface area contributed by atoms with Crippen LogP contribution in [0.3, 0.4) is 0 Å². The molecule has 4 N–H and O–H groups in total. The van der Waals surface area contributed by atoms with Gasteiger partial charge in [-0.25, -0.2) is 4.39 Å². The van der Waals surface area contributed by atoms with Crippen molar-refractivity contribution in [3.05, 3.63) is 36.4 Å². The highest BCUT2D eigenvalue weighted by molar-refractivity contribution is 8.22. The highest BCUT2D eigenvalue weighted by Crippen LogP contribution is 2.55. The number of amides is 1. The number of aromatic nitrogens is 1. The zero-order chi connectivity index (χ0) is 20.1. The molecule has 1 amide bonds. The first kappa shape index (κ1) is 25.1. The molecule has 11 heteroatoms. The third kappa shape index (κ3) is 4.38. The van der Waals surface area contributed by atoms with E-state index in [9.17, 15) is 18.3 Å². The molecule has 1 aliphatic heterocycles. The largest absolute Gasteiger partial charge is 0.339 e. The van der Waals surface area contributed by atoms with E-state index < -0.39 is 22.1 Å². The van der Waals surface area contributed by atoms with E-state index in [0.29, 0.717) is 44.3 Å². The first-order valence-corrected chi connectivity index (χ1v) is 10.9. The van der Waals surface area contributed by atoms with Gasteiger partial charge >= 0.3 is 0 Å². The first-order chi connectivity index (χ1) is 13.2. The summed E-state index contributed by atoms with van der Waals surface area (Å²) >= 11 is 0. The summed E-state index contributed by atoms with van der Waals surface area (Å²) in [6, 6.07) is 4.57. The summed E-state index contributed by atoms with van der Waals surface area (Å²) in [6.07, 6.45) is 4.54. The summed E-state index contributed by atoms with van der Waals surface area (Å²) in [5, 5.41) is 0.677. The minimum absolute atomic E-state index is 0. The van der Waals surface area contributed by atoms with E-state index in [2.05, 4.69) is 4.98 Å². The zero-order valence-corrected chi connectivity index (χ0v) is 19.0. The zero-order valence-electron chi connectivity index (χ0n) is 16.5. The van der Waals surface area contributed by atoms with Crippen molar-refractivity contribution in [2.24, 2.45) is 5.73 Å². The van der Waals surface area contributed by atoms with Crippen molar-refractivity contribution in [1.29, 1.82) is 0 Å². The van der Waals surface area contributed by atoms with Crippen molar-refractivity contribution in [3.8, 4) is 0 Å². The maximum absolute atomic E-state index is 14.5. The molecular formula is C19H27Cl2FN4O3S. The van der Waals surface area contributed by atoms with Crippen LogP contribution in [0.1, 0.15) is 26.2 Å². The molecule has 7 nitrogen and oxygen atoms in total. The fourth-order valence-corrected chi connectivity index (χ4v) is 5.83. The van der Waals surface area contributed by atoms with Gasteiger partial charge in [0.2, 0.25) is 5.91 Å².